The second kappa shape index (κ2) is 12.3. The quantitative estimate of drug-likeness (QED) is 0.210. The number of oxazole rings is 1. The van der Waals surface area contributed by atoms with Gasteiger partial charge in [0.15, 0.2) is 6.61 Å². The number of benzene rings is 3. The lowest BCUT2D eigenvalue weighted by Crippen LogP contribution is -2.10. The molecule has 0 spiro atoms. The Hall–Kier alpha value is -3.71. The summed E-state index contributed by atoms with van der Waals surface area (Å²) < 4.78 is 17.3. The van der Waals surface area contributed by atoms with Gasteiger partial charge < -0.3 is 19.0 Å². The summed E-state index contributed by atoms with van der Waals surface area (Å²) in [5.41, 5.74) is 3.92. The number of aromatic nitrogens is 1. The Morgan fingerprint density at radius 3 is 2.53 bits per heavy atom. The van der Waals surface area contributed by atoms with Gasteiger partial charge in [0, 0.05) is 16.2 Å². The van der Waals surface area contributed by atoms with E-state index in [9.17, 15) is 4.79 Å². The molecule has 1 heterocycles. The SMILES string of the molecule is CCCc1cc(SCc2nc(-c3ccc(OCc4ccccc4)cc3)oc2C)ccc1OCC(=O)O. The topological polar surface area (TPSA) is 81.8 Å². The molecule has 0 aliphatic carbocycles. The molecular weight excluding hydrogens is 474 g/mol. The number of aryl methyl sites for hydroxylation is 2. The fourth-order valence-electron chi connectivity index (χ4n) is 3.66. The summed E-state index contributed by atoms with van der Waals surface area (Å²) >= 11 is 1.66. The van der Waals surface area contributed by atoms with Crippen molar-refractivity contribution in [3.8, 4) is 23.0 Å². The van der Waals surface area contributed by atoms with Gasteiger partial charge in [-0.15, -0.1) is 11.8 Å². The molecule has 3 aromatic carbocycles. The molecule has 0 saturated carbocycles. The van der Waals surface area contributed by atoms with E-state index in [2.05, 4.69) is 13.0 Å². The normalized spacial score (nSPS) is 10.8. The van der Waals surface area contributed by atoms with E-state index in [1.807, 2.05) is 73.7 Å². The van der Waals surface area contributed by atoms with Crippen LogP contribution in [0.25, 0.3) is 11.5 Å². The zero-order valence-corrected chi connectivity index (χ0v) is 21.2. The van der Waals surface area contributed by atoms with E-state index in [1.54, 1.807) is 11.8 Å². The highest BCUT2D eigenvalue weighted by atomic mass is 32.2. The molecule has 0 amide bonds. The number of carbonyl (C=O) groups is 1. The van der Waals surface area contributed by atoms with Crippen LogP contribution in [-0.2, 0) is 23.6 Å². The monoisotopic (exact) mass is 503 g/mol. The summed E-state index contributed by atoms with van der Waals surface area (Å²) in [6, 6.07) is 23.7. The van der Waals surface area contributed by atoms with Crippen molar-refractivity contribution in [3.63, 3.8) is 0 Å². The minimum absolute atomic E-state index is 0.343. The van der Waals surface area contributed by atoms with E-state index in [1.165, 1.54) is 0 Å². The Balaban J connectivity index is 1.38. The molecule has 0 radical (unpaired) electrons. The first-order valence-electron chi connectivity index (χ1n) is 11.9. The number of carboxylic acids is 1. The molecular formula is C29H29NO5S. The molecule has 7 heteroatoms. The molecule has 1 N–H and O–H groups in total. The van der Waals surface area contributed by atoms with Crippen molar-refractivity contribution in [1.82, 2.24) is 4.98 Å². The molecule has 0 fully saturated rings. The third kappa shape index (κ3) is 6.92. The maximum Gasteiger partial charge on any atom is 0.341 e. The van der Waals surface area contributed by atoms with Gasteiger partial charge in [-0.3, -0.25) is 0 Å². The summed E-state index contributed by atoms with van der Waals surface area (Å²) in [4.78, 5) is 16.7. The maximum absolute atomic E-state index is 10.9. The van der Waals surface area contributed by atoms with Gasteiger partial charge in [-0.2, -0.15) is 0 Å². The molecule has 0 bridgehead atoms. The van der Waals surface area contributed by atoms with Gasteiger partial charge in [0.25, 0.3) is 0 Å². The van der Waals surface area contributed by atoms with Crippen LogP contribution in [0.15, 0.2) is 82.1 Å². The maximum atomic E-state index is 10.9. The summed E-state index contributed by atoms with van der Waals surface area (Å²) in [6.07, 6.45) is 1.76. The van der Waals surface area contributed by atoms with Crippen LogP contribution in [0.4, 0.5) is 0 Å². The summed E-state index contributed by atoms with van der Waals surface area (Å²) in [6.45, 7) is 4.19. The predicted molar refractivity (Wildman–Crippen MR) is 141 cm³/mol. The van der Waals surface area contributed by atoms with Crippen molar-refractivity contribution in [2.24, 2.45) is 0 Å². The van der Waals surface area contributed by atoms with Gasteiger partial charge in [0.2, 0.25) is 5.89 Å². The number of rotatable bonds is 12. The number of hydrogen-bond donors (Lipinski definition) is 1. The number of ether oxygens (including phenoxy) is 2. The molecule has 6 nitrogen and oxygen atoms in total. The van der Waals surface area contributed by atoms with E-state index < -0.39 is 5.97 Å². The molecule has 0 aliphatic rings. The number of aliphatic carboxylic acids is 1. The average molecular weight is 504 g/mol. The van der Waals surface area contributed by atoms with Gasteiger partial charge in [-0.25, -0.2) is 9.78 Å². The van der Waals surface area contributed by atoms with Crippen molar-refractivity contribution >= 4 is 17.7 Å². The lowest BCUT2D eigenvalue weighted by atomic mass is 10.1. The minimum Gasteiger partial charge on any atom is -0.489 e. The molecule has 0 saturated heterocycles. The third-order valence-electron chi connectivity index (χ3n) is 5.52. The Bertz CT molecular complexity index is 1290. The molecule has 4 aromatic rings. The molecule has 186 valence electrons. The van der Waals surface area contributed by atoms with Gasteiger partial charge in [0.1, 0.15) is 23.9 Å². The van der Waals surface area contributed by atoms with Gasteiger partial charge in [-0.1, -0.05) is 43.7 Å². The van der Waals surface area contributed by atoms with Crippen LogP contribution in [0.2, 0.25) is 0 Å². The zero-order valence-electron chi connectivity index (χ0n) is 20.4. The Morgan fingerprint density at radius 2 is 1.81 bits per heavy atom. The lowest BCUT2D eigenvalue weighted by Gasteiger charge is -2.11. The second-order valence-corrected chi connectivity index (χ2v) is 9.36. The summed E-state index contributed by atoms with van der Waals surface area (Å²) in [7, 11) is 0. The first kappa shape index (κ1) is 25.4. The highest BCUT2D eigenvalue weighted by molar-refractivity contribution is 7.98. The first-order valence-corrected chi connectivity index (χ1v) is 12.8. The molecule has 0 atom stereocenters. The van der Waals surface area contributed by atoms with Crippen LogP contribution < -0.4 is 9.47 Å². The Morgan fingerprint density at radius 1 is 1.03 bits per heavy atom. The first-order chi connectivity index (χ1) is 17.5. The van der Waals surface area contributed by atoms with Crippen molar-refractivity contribution in [2.75, 3.05) is 6.61 Å². The molecule has 36 heavy (non-hydrogen) atoms. The van der Waals surface area contributed by atoms with E-state index in [0.717, 1.165) is 51.6 Å². The minimum atomic E-state index is -0.984. The zero-order chi connectivity index (χ0) is 25.3. The number of carboxylic acid groups (broad SMARTS) is 1. The van der Waals surface area contributed by atoms with Crippen molar-refractivity contribution in [1.29, 1.82) is 0 Å². The Kier molecular flexibility index (Phi) is 8.68. The average Bonchev–Trinajstić information content (AvgIpc) is 3.27. The third-order valence-corrected chi connectivity index (χ3v) is 6.53. The lowest BCUT2D eigenvalue weighted by molar-refractivity contribution is -0.139. The van der Waals surface area contributed by atoms with Crippen LogP contribution in [0.5, 0.6) is 11.5 Å². The summed E-state index contributed by atoms with van der Waals surface area (Å²) in [5, 5.41) is 8.90. The predicted octanol–water partition coefficient (Wildman–Crippen LogP) is 6.94. The van der Waals surface area contributed by atoms with Crippen LogP contribution in [0.1, 0.15) is 35.9 Å². The van der Waals surface area contributed by atoms with E-state index in [4.69, 9.17) is 24.0 Å². The smallest absolute Gasteiger partial charge is 0.341 e. The fourth-order valence-corrected chi connectivity index (χ4v) is 4.62. The highest BCUT2D eigenvalue weighted by Gasteiger charge is 2.13. The van der Waals surface area contributed by atoms with Gasteiger partial charge >= 0.3 is 5.97 Å². The summed E-state index contributed by atoms with van der Waals surface area (Å²) in [5.74, 6) is 2.47. The van der Waals surface area contributed by atoms with Crippen LogP contribution in [-0.4, -0.2) is 22.7 Å². The van der Waals surface area contributed by atoms with Crippen LogP contribution in [0, 0.1) is 6.92 Å². The highest BCUT2D eigenvalue weighted by Crippen LogP contribution is 2.31. The molecule has 4 rings (SSSR count). The van der Waals surface area contributed by atoms with Crippen molar-refractivity contribution < 1.29 is 23.8 Å². The van der Waals surface area contributed by atoms with Crippen LogP contribution >= 0.6 is 11.8 Å². The fraction of sp³-hybridized carbons (Fsp3) is 0.241. The number of thioether (sulfide) groups is 1. The van der Waals surface area contributed by atoms with Gasteiger partial charge in [0.05, 0.1) is 5.69 Å². The second-order valence-electron chi connectivity index (χ2n) is 8.31. The molecule has 1 aromatic heterocycles. The van der Waals surface area contributed by atoms with E-state index in [0.29, 0.717) is 24.0 Å². The van der Waals surface area contributed by atoms with Crippen LogP contribution in [0.3, 0.4) is 0 Å². The number of hydrogen-bond acceptors (Lipinski definition) is 6. The van der Waals surface area contributed by atoms with Crippen molar-refractivity contribution in [3.05, 3.63) is 95.4 Å². The number of nitrogens with zero attached hydrogens (tertiary/aromatic N) is 1. The van der Waals surface area contributed by atoms with E-state index >= 15 is 0 Å². The Labute approximate surface area is 215 Å². The largest absolute Gasteiger partial charge is 0.489 e. The van der Waals surface area contributed by atoms with Gasteiger partial charge in [-0.05, 0) is 66.9 Å². The van der Waals surface area contributed by atoms with Crippen molar-refractivity contribution in [2.45, 2.75) is 43.9 Å². The molecule has 0 aliphatic heterocycles. The van der Waals surface area contributed by atoms with E-state index in [-0.39, 0.29) is 6.61 Å². The molecule has 0 unspecified atom stereocenters. The standard InChI is InChI=1S/C29H29NO5S/c1-3-7-23-16-25(14-15-27(23)34-18-28(31)32)36-19-26-20(2)35-29(30-26)22-10-12-24(13-11-22)33-17-21-8-5-4-6-9-21/h4-6,8-16H,3,7,17-19H2,1-2H3,(H,31,32).